The second-order valence-electron chi connectivity index (χ2n) is 6.93. The molecule has 1 aromatic carbocycles. The summed E-state index contributed by atoms with van der Waals surface area (Å²) in [6.45, 7) is 5.07. The van der Waals surface area contributed by atoms with E-state index in [1.54, 1.807) is 0 Å². The summed E-state index contributed by atoms with van der Waals surface area (Å²) in [5.74, 6) is 0.898. The number of para-hydroxylation sites is 1. The van der Waals surface area contributed by atoms with Crippen LogP contribution in [0.1, 0.15) is 33.1 Å². The highest BCUT2D eigenvalue weighted by atomic mass is 32.1. The van der Waals surface area contributed by atoms with Crippen molar-refractivity contribution >= 4 is 28.8 Å². The van der Waals surface area contributed by atoms with Crippen molar-refractivity contribution in [2.24, 2.45) is 22.5 Å². The van der Waals surface area contributed by atoms with Gasteiger partial charge in [0.05, 0.1) is 5.41 Å². The third-order valence-corrected chi connectivity index (χ3v) is 6.12. The number of nitrogens with zero attached hydrogens (tertiary/aromatic N) is 1. The smallest absolute Gasteiger partial charge is 0.170 e. The minimum atomic E-state index is -0.309. The Morgan fingerprint density at radius 2 is 2.05 bits per heavy atom. The monoisotopic (exact) mass is 302 g/mol. The number of anilines is 1. The van der Waals surface area contributed by atoms with E-state index >= 15 is 0 Å². The molecule has 2 aliphatic carbocycles. The molecule has 0 saturated heterocycles. The first-order valence-electron chi connectivity index (χ1n) is 7.54. The van der Waals surface area contributed by atoms with E-state index in [1.807, 2.05) is 35.2 Å². The van der Waals surface area contributed by atoms with Gasteiger partial charge in [-0.25, -0.2) is 0 Å². The molecule has 21 heavy (non-hydrogen) atoms. The maximum absolute atomic E-state index is 12.7. The fourth-order valence-electron chi connectivity index (χ4n) is 4.31. The summed E-state index contributed by atoms with van der Waals surface area (Å²) in [6.07, 6.45) is 2.81. The highest BCUT2D eigenvalue weighted by Gasteiger charge is 2.64. The zero-order chi connectivity index (χ0) is 15.3. The molecule has 1 aromatic rings. The zero-order valence-electron chi connectivity index (χ0n) is 12.6. The van der Waals surface area contributed by atoms with E-state index in [0.717, 1.165) is 18.5 Å². The topological polar surface area (TPSA) is 46.3 Å². The van der Waals surface area contributed by atoms with Crippen LogP contribution in [0.5, 0.6) is 0 Å². The summed E-state index contributed by atoms with van der Waals surface area (Å²) in [6, 6.07) is 9.90. The van der Waals surface area contributed by atoms with Gasteiger partial charge in [0.2, 0.25) is 0 Å². The van der Waals surface area contributed by atoms with Gasteiger partial charge in [-0.3, -0.25) is 4.79 Å². The lowest BCUT2D eigenvalue weighted by Crippen LogP contribution is -2.50. The summed E-state index contributed by atoms with van der Waals surface area (Å²) >= 11 is 5.25. The Kier molecular flexibility index (Phi) is 3.32. The Bertz CT molecular complexity index is 584. The van der Waals surface area contributed by atoms with E-state index in [4.69, 9.17) is 18.0 Å². The molecule has 3 nitrogen and oxygen atoms in total. The van der Waals surface area contributed by atoms with Crippen molar-refractivity contribution in [1.29, 1.82) is 0 Å². The Labute approximate surface area is 131 Å². The van der Waals surface area contributed by atoms with Crippen LogP contribution in [0.25, 0.3) is 0 Å². The number of rotatable bonds is 3. The van der Waals surface area contributed by atoms with E-state index in [9.17, 15) is 4.79 Å². The molecule has 3 rings (SSSR count). The molecule has 0 radical (unpaired) electrons. The molecule has 112 valence electrons. The Hall–Kier alpha value is -1.42. The quantitative estimate of drug-likeness (QED) is 0.871. The SMILES string of the molecule is CC1(C)C2CCC1(CN(C(N)=S)c1ccccc1)C(=O)C2. The van der Waals surface area contributed by atoms with Crippen LogP contribution < -0.4 is 10.6 Å². The molecule has 0 aliphatic heterocycles. The molecule has 0 aromatic heterocycles. The summed E-state index contributed by atoms with van der Waals surface area (Å²) < 4.78 is 0. The lowest BCUT2D eigenvalue weighted by molar-refractivity contribution is -0.128. The summed E-state index contributed by atoms with van der Waals surface area (Å²) in [5, 5.41) is 0.342. The van der Waals surface area contributed by atoms with Crippen molar-refractivity contribution in [3.8, 4) is 0 Å². The molecule has 2 unspecified atom stereocenters. The van der Waals surface area contributed by atoms with Crippen LogP contribution >= 0.6 is 12.2 Å². The van der Waals surface area contributed by atoms with Crippen LogP contribution in [0.3, 0.4) is 0 Å². The predicted molar refractivity (Wildman–Crippen MR) is 89.1 cm³/mol. The molecule has 2 N–H and O–H groups in total. The Morgan fingerprint density at radius 3 is 2.52 bits per heavy atom. The lowest BCUT2D eigenvalue weighted by Gasteiger charge is -2.40. The minimum absolute atomic E-state index is 0.0297. The van der Waals surface area contributed by atoms with Crippen LogP contribution in [0.2, 0.25) is 0 Å². The molecule has 4 heteroatoms. The Balaban J connectivity index is 1.97. The van der Waals surface area contributed by atoms with Crippen molar-refractivity contribution in [2.75, 3.05) is 11.4 Å². The van der Waals surface area contributed by atoms with Crippen LogP contribution in [0, 0.1) is 16.7 Å². The number of Topliss-reactive ketones (excluding diaryl/α,β-unsaturated/α-hetero) is 1. The van der Waals surface area contributed by atoms with Crippen LogP contribution in [-0.2, 0) is 4.79 Å². The summed E-state index contributed by atoms with van der Waals surface area (Å²) in [4.78, 5) is 14.6. The number of hydrogen-bond donors (Lipinski definition) is 1. The number of carbonyl (C=O) groups excluding carboxylic acids is 1. The summed E-state index contributed by atoms with van der Waals surface area (Å²) in [5.41, 5.74) is 6.65. The van der Waals surface area contributed by atoms with Crippen molar-refractivity contribution in [1.82, 2.24) is 0 Å². The number of nitrogens with two attached hydrogens (primary N) is 1. The Morgan fingerprint density at radius 1 is 1.38 bits per heavy atom. The minimum Gasteiger partial charge on any atom is -0.376 e. The maximum Gasteiger partial charge on any atom is 0.170 e. The fraction of sp³-hybridized carbons (Fsp3) is 0.529. The maximum atomic E-state index is 12.7. The third-order valence-electron chi connectivity index (χ3n) is 5.90. The summed E-state index contributed by atoms with van der Waals surface area (Å²) in [7, 11) is 0. The van der Waals surface area contributed by atoms with Crippen LogP contribution in [0.15, 0.2) is 30.3 Å². The van der Waals surface area contributed by atoms with E-state index in [1.165, 1.54) is 0 Å². The molecule has 2 saturated carbocycles. The van der Waals surface area contributed by atoms with Gasteiger partial charge in [0.1, 0.15) is 5.78 Å². The number of ketones is 1. The molecular formula is C17H22N2OS. The van der Waals surface area contributed by atoms with Gasteiger partial charge >= 0.3 is 0 Å². The molecule has 0 heterocycles. The standard InChI is InChI=1S/C17H22N2OS/c1-16(2)12-8-9-17(16,14(20)10-12)11-19(15(18)21)13-6-4-3-5-7-13/h3-7,12H,8-11H2,1-2H3,(H2,18,21). The average Bonchev–Trinajstić information content (AvgIpc) is 2.79. The van der Waals surface area contributed by atoms with Gasteiger partial charge in [-0.2, -0.15) is 0 Å². The average molecular weight is 302 g/mol. The number of carbonyl (C=O) groups is 1. The van der Waals surface area contributed by atoms with E-state index in [2.05, 4.69) is 13.8 Å². The van der Waals surface area contributed by atoms with Crippen molar-refractivity contribution in [2.45, 2.75) is 33.1 Å². The van der Waals surface area contributed by atoms with Crippen LogP contribution in [-0.4, -0.2) is 17.4 Å². The van der Waals surface area contributed by atoms with E-state index in [-0.39, 0.29) is 10.8 Å². The van der Waals surface area contributed by atoms with Crippen molar-refractivity contribution in [3.63, 3.8) is 0 Å². The number of thiocarbonyl (C=S) groups is 1. The predicted octanol–water partition coefficient (Wildman–Crippen LogP) is 3.13. The normalized spacial score (nSPS) is 29.6. The second kappa shape index (κ2) is 4.80. The molecule has 0 amide bonds. The molecule has 2 bridgehead atoms. The molecule has 2 fully saturated rings. The fourth-order valence-corrected chi connectivity index (χ4v) is 4.48. The van der Waals surface area contributed by atoms with E-state index in [0.29, 0.717) is 29.8 Å². The highest BCUT2D eigenvalue weighted by molar-refractivity contribution is 7.80. The van der Waals surface area contributed by atoms with Gasteiger partial charge in [-0.1, -0.05) is 32.0 Å². The van der Waals surface area contributed by atoms with Crippen molar-refractivity contribution in [3.05, 3.63) is 30.3 Å². The number of hydrogen-bond acceptors (Lipinski definition) is 2. The van der Waals surface area contributed by atoms with Gasteiger partial charge < -0.3 is 10.6 Å². The van der Waals surface area contributed by atoms with Crippen LogP contribution in [0.4, 0.5) is 5.69 Å². The van der Waals surface area contributed by atoms with Gasteiger partial charge in [-0.15, -0.1) is 0 Å². The first kappa shape index (κ1) is 14.5. The first-order valence-corrected chi connectivity index (χ1v) is 7.95. The molecule has 2 atom stereocenters. The molecule has 0 spiro atoms. The number of benzene rings is 1. The first-order chi connectivity index (χ1) is 9.88. The number of fused-ring (bicyclic) bond motifs is 2. The second-order valence-corrected chi connectivity index (χ2v) is 7.34. The molecule has 2 aliphatic rings. The molecular weight excluding hydrogens is 280 g/mol. The van der Waals surface area contributed by atoms with Gasteiger partial charge in [0, 0.05) is 18.7 Å². The van der Waals surface area contributed by atoms with Gasteiger partial charge in [-0.05, 0) is 48.5 Å². The third kappa shape index (κ3) is 2.00. The van der Waals surface area contributed by atoms with E-state index < -0.39 is 0 Å². The van der Waals surface area contributed by atoms with Crippen molar-refractivity contribution < 1.29 is 4.79 Å². The van der Waals surface area contributed by atoms with Gasteiger partial charge in [0.15, 0.2) is 5.11 Å². The zero-order valence-corrected chi connectivity index (χ0v) is 13.5. The van der Waals surface area contributed by atoms with Gasteiger partial charge in [0.25, 0.3) is 0 Å². The largest absolute Gasteiger partial charge is 0.376 e. The highest BCUT2D eigenvalue weighted by Crippen LogP contribution is 2.64. The lowest BCUT2D eigenvalue weighted by atomic mass is 9.68.